The van der Waals surface area contributed by atoms with Crippen molar-refractivity contribution in [1.29, 1.82) is 0 Å². The highest BCUT2D eigenvalue weighted by Crippen LogP contribution is 1.90. The van der Waals surface area contributed by atoms with E-state index in [0.29, 0.717) is 6.61 Å². The van der Waals surface area contributed by atoms with Gasteiger partial charge in [0.25, 0.3) is 0 Å². The molecule has 0 amide bonds. The maximum atomic E-state index is 9.82. The average molecular weight is 159 g/mol. The van der Waals surface area contributed by atoms with Gasteiger partial charge in [0, 0.05) is 6.92 Å². The largest absolute Gasteiger partial charge is 0.466 e. The van der Waals surface area contributed by atoms with Crippen LogP contribution in [0.1, 0.15) is 26.7 Å². The summed E-state index contributed by atoms with van der Waals surface area (Å²) in [7, 11) is 0. The van der Waals surface area contributed by atoms with Gasteiger partial charge in [0.2, 0.25) is 0 Å². The van der Waals surface area contributed by atoms with Crippen LogP contribution in [0.2, 0.25) is 0 Å². The van der Waals surface area contributed by atoms with Gasteiger partial charge in [-0.1, -0.05) is 0 Å². The van der Waals surface area contributed by atoms with E-state index < -0.39 is 0 Å². The third kappa shape index (κ3) is 9.43. The molecule has 0 aromatic carbocycles. The van der Waals surface area contributed by atoms with Crippen molar-refractivity contribution in [2.24, 2.45) is 0 Å². The van der Waals surface area contributed by atoms with E-state index in [0.717, 1.165) is 0 Å². The second-order valence-electron chi connectivity index (χ2n) is 2.38. The molecule has 66 valence electrons. The molecule has 1 aliphatic rings. The monoisotopic (exact) mass is 159 g/mol. The molecule has 1 fully saturated rings. The van der Waals surface area contributed by atoms with Crippen LogP contribution in [0.3, 0.4) is 0 Å². The minimum absolute atomic E-state index is 0.211. The Balaban J connectivity index is 0.000000183. The lowest BCUT2D eigenvalue weighted by Gasteiger charge is -1.89. The number of carbonyl (C=O) groups is 1. The normalized spacial score (nSPS) is 15.1. The minimum atomic E-state index is -0.211. The topological polar surface area (TPSA) is 38.3 Å². The fraction of sp³-hybridized carbons (Fsp3) is 0.875. The van der Waals surface area contributed by atoms with Gasteiger partial charge >= 0.3 is 5.97 Å². The van der Waals surface area contributed by atoms with E-state index >= 15 is 0 Å². The molecule has 1 aliphatic heterocycles. The van der Waals surface area contributed by atoms with E-state index in [4.69, 9.17) is 0 Å². The van der Waals surface area contributed by atoms with Crippen LogP contribution in [0, 0.1) is 0 Å². The Morgan fingerprint density at radius 2 is 2.00 bits per heavy atom. The Morgan fingerprint density at radius 1 is 1.45 bits per heavy atom. The number of hydrogen-bond donors (Lipinski definition) is 1. The molecule has 1 saturated heterocycles. The first-order valence-electron chi connectivity index (χ1n) is 4.11. The van der Waals surface area contributed by atoms with Crippen LogP contribution < -0.4 is 5.32 Å². The maximum absolute atomic E-state index is 9.82. The number of nitrogens with one attached hydrogen (secondary N) is 1. The number of ether oxygens (including phenoxy) is 1. The summed E-state index contributed by atoms with van der Waals surface area (Å²) in [5.74, 6) is -0.211. The molecule has 1 N–H and O–H groups in total. The fourth-order valence-electron chi connectivity index (χ4n) is 0.828. The van der Waals surface area contributed by atoms with Crippen molar-refractivity contribution in [1.82, 2.24) is 5.32 Å². The molecule has 1 heterocycles. The molecule has 0 radical (unpaired) electrons. The van der Waals surface area contributed by atoms with Gasteiger partial charge in [0.1, 0.15) is 0 Å². The van der Waals surface area contributed by atoms with Gasteiger partial charge in [-0.2, -0.15) is 0 Å². The molecule has 0 aliphatic carbocycles. The molecule has 0 aromatic heterocycles. The van der Waals surface area contributed by atoms with Crippen molar-refractivity contribution in [2.45, 2.75) is 26.7 Å². The van der Waals surface area contributed by atoms with Crippen LogP contribution in [0.5, 0.6) is 0 Å². The summed E-state index contributed by atoms with van der Waals surface area (Å²) in [5.41, 5.74) is 0. The molecule has 0 bridgehead atoms. The van der Waals surface area contributed by atoms with Gasteiger partial charge < -0.3 is 10.1 Å². The fourth-order valence-corrected chi connectivity index (χ4v) is 0.828. The maximum Gasteiger partial charge on any atom is 0.302 e. The number of esters is 1. The van der Waals surface area contributed by atoms with Gasteiger partial charge in [-0.15, -0.1) is 0 Å². The van der Waals surface area contributed by atoms with E-state index in [1.807, 2.05) is 0 Å². The Kier molecular flexibility index (Phi) is 7.15. The van der Waals surface area contributed by atoms with Gasteiger partial charge in [-0.3, -0.25) is 4.79 Å². The van der Waals surface area contributed by atoms with Gasteiger partial charge in [-0.25, -0.2) is 0 Å². The van der Waals surface area contributed by atoms with Crippen LogP contribution >= 0.6 is 0 Å². The Bertz CT molecular complexity index is 92.7. The van der Waals surface area contributed by atoms with Crippen molar-refractivity contribution >= 4 is 5.97 Å². The molecular formula is C8H17NO2. The van der Waals surface area contributed by atoms with E-state index in [-0.39, 0.29) is 5.97 Å². The second kappa shape index (κ2) is 7.54. The minimum Gasteiger partial charge on any atom is -0.466 e. The summed E-state index contributed by atoms with van der Waals surface area (Å²) in [6, 6.07) is 0. The lowest BCUT2D eigenvalue weighted by molar-refractivity contribution is -0.140. The smallest absolute Gasteiger partial charge is 0.302 e. The molecule has 3 nitrogen and oxygen atoms in total. The lowest BCUT2D eigenvalue weighted by Crippen LogP contribution is -2.03. The van der Waals surface area contributed by atoms with Gasteiger partial charge in [0.15, 0.2) is 0 Å². The van der Waals surface area contributed by atoms with Crippen LogP contribution in [0.4, 0.5) is 0 Å². The zero-order chi connectivity index (χ0) is 8.53. The average Bonchev–Trinajstić information content (AvgIpc) is 2.41. The summed E-state index contributed by atoms with van der Waals surface area (Å²) in [5, 5.41) is 3.22. The number of rotatable bonds is 1. The standard InChI is InChI=1S/C4H9N.C4H8O2/c1-2-4-5-3-1;1-3-6-4(2)5/h5H,1-4H2;3H2,1-2H3. The predicted octanol–water partition coefficient (Wildman–Crippen LogP) is 0.939. The molecule has 11 heavy (non-hydrogen) atoms. The quantitative estimate of drug-likeness (QED) is 0.579. The summed E-state index contributed by atoms with van der Waals surface area (Å²) < 4.78 is 4.40. The van der Waals surface area contributed by atoms with E-state index in [2.05, 4.69) is 10.1 Å². The highest BCUT2D eigenvalue weighted by Gasteiger charge is 1.93. The highest BCUT2D eigenvalue weighted by molar-refractivity contribution is 5.65. The Hall–Kier alpha value is -0.570. The molecule has 1 rings (SSSR count). The molecule has 0 atom stereocenters. The zero-order valence-electron chi connectivity index (χ0n) is 7.35. The third-order valence-corrected chi connectivity index (χ3v) is 1.30. The predicted molar refractivity (Wildman–Crippen MR) is 44.4 cm³/mol. The molecule has 0 saturated carbocycles. The van der Waals surface area contributed by atoms with E-state index in [1.165, 1.54) is 32.9 Å². The molecule has 0 spiro atoms. The molecule has 0 aromatic rings. The van der Waals surface area contributed by atoms with Crippen molar-refractivity contribution in [3.63, 3.8) is 0 Å². The molecule has 0 unspecified atom stereocenters. The lowest BCUT2D eigenvalue weighted by atomic mass is 10.4. The van der Waals surface area contributed by atoms with Crippen molar-refractivity contribution in [3.05, 3.63) is 0 Å². The van der Waals surface area contributed by atoms with Crippen LogP contribution in [-0.2, 0) is 9.53 Å². The molecular weight excluding hydrogens is 142 g/mol. The van der Waals surface area contributed by atoms with Crippen LogP contribution in [0.25, 0.3) is 0 Å². The number of carbonyl (C=O) groups excluding carboxylic acids is 1. The van der Waals surface area contributed by atoms with Crippen molar-refractivity contribution in [2.75, 3.05) is 19.7 Å². The van der Waals surface area contributed by atoms with Gasteiger partial charge in [0.05, 0.1) is 6.61 Å². The summed E-state index contributed by atoms with van der Waals surface area (Å²) >= 11 is 0. The first-order valence-corrected chi connectivity index (χ1v) is 4.11. The van der Waals surface area contributed by atoms with Crippen LogP contribution in [-0.4, -0.2) is 25.7 Å². The van der Waals surface area contributed by atoms with Crippen LogP contribution in [0.15, 0.2) is 0 Å². The van der Waals surface area contributed by atoms with Crippen molar-refractivity contribution in [3.8, 4) is 0 Å². The summed E-state index contributed by atoms with van der Waals surface area (Å²) in [4.78, 5) is 9.82. The highest BCUT2D eigenvalue weighted by atomic mass is 16.5. The van der Waals surface area contributed by atoms with E-state index in [9.17, 15) is 4.79 Å². The SMILES string of the molecule is C1CCNC1.CCOC(C)=O. The Labute approximate surface area is 68.1 Å². The Morgan fingerprint density at radius 3 is 2.09 bits per heavy atom. The van der Waals surface area contributed by atoms with E-state index in [1.54, 1.807) is 6.92 Å². The van der Waals surface area contributed by atoms with Gasteiger partial charge in [-0.05, 0) is 32.9 Å². The summed E-state index contributed by atoms with van der Waals surface area (Å²) in [6.07, 6.45) is 2.78. The first kappa shape index (κ1) is 10.4. The first-order chi connectivity index (χ1) is 5.27. The molecule has 3 heteroatoms. The second-order valence-corrected chi connectivity index (χ2v) is 2.38. The zero-order valence-corrected chi connectivity index (χ0v) is 7.35. The van der Waals surface area contributed by atoms with Crippen molar-refractivity contribution < 1.29 is 9.53 Å². The number of hydrogen-bond acceptors (Lipinski definition) is 3. The summed E-state index contributed by atoms with van der Waals surface area (Å²) in [6.45, 7) is 6.15. The third-order valence-electron chi connectivity index (χ3n) is 1.30.